The molecule has 1 N–H and O–H groups in total. The lowest BCUT2D eigenvalue weighted by Gasteiger charge is -2.18. The first-order valence-electron chi connectivity index (χ1n) is 10.1. The van der Waals surface area contributed by atoms with Crippen LogP contribution in [0.4, 0.5) is 5.69 Å². The van der Waals surface area contributed by atoms with E-state index in [0.717, 1.165) is 22.5 Å². The fourth-order valence-electron chi connectivity index (χ4n) is 3.42. The molecule has 0 aliphatic rings. The molecule has 2 aromatic carbocycles. The molecule has 0 bridgehead atoms. The second-order valence-electron chi connectivity index (χ2n) is 7.14. The molecule has 2 amide bonds. The van der Waals surface area contributed by atoms with Crippen LogP contribution in [-0.2, 0) is 17.8 Å². The first-order valence-corrected chi connectivity index (χ1v) is 10.1. The number of pyridine rings is 1. The van der Waals surface area contributed by atoms with Gasteiger partial charge < -0.3 is 14.8 Å². The smallest absolute Gasteiger partial charge is 0.252 e. The number of para-hydroxylation sites is 3. The third kappa shape index (κ3) is 4.61. The lowest BCUT2D eigenvalue weighted by Crippen LogP contribution is -2.31. The Balaban J connectivity index is 1.50. The van der Waals surface area contributed by atoms with Crippen molar-refractivity contribution in [2.24, 2.45) is 0 Å². The predicted molar refractivity (Wildman–Crippen MR) is 120 cm³/mol. The van der Waals surface area contributed by atoms with E-state index in [9.17, 15) is 9.59 Å². The Morgan fingerprint density at radius 3 is 2.55 bits per heavy atom. The SMILES string of the molecule is CN(C(=O)Cn1c(CCNC(=O)c2cccnc2)nc2ccccc21)c1ccccc1. The second kappa shape index (κ2) is 9.21. The third-order valence-corrected chi connectivity index (χ3v) is 5.10. The summed E-state index contributed by atoms with van der Waals surface area (Å²) in [6.45, 7) is 0.567. The maximum absolute atomic E-state index is 13.0. The van der Waals surface area contributed by atoms with E-state index >= 15 is 0 Å². The number of carbonyl (C=O) groups excluding carboxylic acids is 2. The number of fused-ring (bicyclic) bond motifs is 1. The monoisotopic (exact) mass is 413 g/mol. The highest BCUT2D eigenvalue weighted by Gasteiger charge is 2.17. The van der Waals surface area contributed by atoms with Gasteiger partial charge in [0, 0.05) is 38.1 Å². The van der Waals surface area contributed by atoms with Gasteiger partial charge in [0.1, 0.15) is 12.4 Å². The summed E-state index contributed by atoms with van der Waals surface area (Å²) < 4.78 is 1.92. The molecule has 2 aromatic heterocycles. The molecule has 31 heavy (non-hydrogen) atoms. The number of amides is 2. The topological polar surface area (TPSA) is 80.1 Å². The number of nitrogens with zero attached hydrogens (tertiary/aromatic N) is 4. The fourth-order valence-corrected chi connectivity index (χ4v) is 3.42. The molecule has 7 heteroatoms. The predicted octanol–water partition coefficient (Wildman–Crippen LogP) is 3.07. The first-order chi connectivity index (χ1) is 15.1. The van der Waals surface area contributed by atoms with Crippen molar-refractivity contribution in [3.8, 4) is 0 Å². The normalized spacial score (nSPS) is 10.7. The van der Waals surface area contributed by atoms with Crippen molar-refractivity contribution in [1.29, 1.82) is 0 Å². The van der Waals surface area contributed by atoms with Crippen LogP contribution in [0.2, 0.25) is 0 Å². The van der Waals surface area contributed by atoms with Gasteiger partial charge in [-0.25, -0.2) is 4.98 Å². The average Bonchev–Trinajstić information content (AvgIpc) is 3.16. The third-order valence-electron chi connectivity index (χ3n) is 5.10. The van der Waals surface area contributed by atoms with E-state index in [1.54, 1.807) is 30.3 Å². The maximum Gasteiger partial charge on any atom is 0.252 e. The lowest BCUT2D eigenvalue weighted by atomic mass is 10.2. The summed E-state index contributed by atoms with van der Waals surface area (Å²) >= 11 is 0. The highest BCUT2D eigenvalue weighted by atomic mass is 16.2. The summed E-state index contributed by atoms with van der Waals surface area (Å²) in [5.41, 5.74) is 3.06. The molecule has 0 saturated carbocycles. The van der Waals surface area contributed by atoms with Crippen molar-refractivity contribution in [1.82, 2.24) is 19.9 Å². The minimum absolute atomic E-state index is 0.0463. The van der Waals surface area contributed by atoms with Gasteiger partial charge in [-0.05, 0) is 36.4 Å². The Bertz CT molecular complexity index is 1190. The summed E-state index contributed by atoms with van der Waals surface area (Å²) in [6.07, 6.45) is 3.66. The van der Waals surface area contributed by atoms with E-state index in [0.29, 0.717) is 18.5 Å². The lowest BCUT2D eigenvalue weighted by molar-refractivity contribution is -0.118. The van der Waals surface area contributed by atoms with Crippen LogP contribution in [-0.4, -0.2) is 39.9 Å². The second-order valence-corrected chi connectivity index (χ2v) is 7.14. The molecular weight excluding hydrogens is 390 g/mol. The van der Waals surface area contributed by atoms with Crippen LogP contribution in [0.25, 0.3) is 11.0 Å². The molecule has 4 rings (SSSR count). The van der Waals surface area contributed by atoms with E-state index in [-0.39, 0.29) is 18.4 Å². The molecule has 156 valence electrons. The summed E-state index contributed by atoms with van der Waals surface area (Å²) in [4.78, 5) is 35.6. The molecule has 0 aliphatic heterocycles. The number of imidazole rings is 1. The van der Waals surface area contributed by atoms with Crippen molar-refractivity contribution >= 4 is 28.5 Å². The van der Waals surface area contributed by atoms with Gasteiger partial charge in [-0.15, -0.1) is 0 Å². The molecule has 0 radical (unpaired) electrons. The van der Waals surface area contributed by atoms with E-state index in [2.05, 4.69) is 10.3 Å². The molecule has 0 spiro atoms. The van der Waals surface area contributed by atoms with Crippen LogP contribution in [0.1, 0.15) is 16.2 Å². The Morgan fingerprint density at radius 1 is 1.00 bits per heavy atom. The molecular formula is C24H23N5O2. The highest BCUT2D eigenvalue weighted by molar-refractivity contribution is 5.94. The number of benzene rings is 2. The molecule has 0 fully saturated rings. The van der Waals surface area contributed by atoms with Gasteiger partial charge in [0.25, 0.3) is 5.91 Å². The molecule has 0 saturated heterocycles. The standard InChI is InChI=1S/C24H23N5O2/c1-28(19-9-3-2-4-10-19)23(30)17-29-21-12-6-5-11-20(21)27-22(29)13-15-26-24(31)18-8-7-14-25-16-18/h2-12,14,16H,13,15,17H2,1H3,(H,26,31). The number of rotatable bonds is 7. The van der Waals surface area contributed by atoms with E-state index in [4.69, 9.17) is 4.98 Å². The minimum Gasteiger partial charge on any atom is -0.352 e. The molecule has 0 aliphatic carbocycles. The first kappa shape index (κ1) is 20.3. The Morgan fingerprint density at radius 2 is 1.77 bits per heavy atom. The van der Waals surface area contributed by atoms with Crippen molar-refractivity contribution in [3.63, 3.8) is 0 Å². The zero-order valence-electron chi connectivity index (χ0n) is 17.2. The van der Waals surface area contributed by atoms with Crippen molar-refractivity contribution in [2.75, 3.05) is 18.5 Å². The van der Waals surface area contributed by atoms with Crippen LogP contribution in [0.15, 0.2) is 79.1 Å². The molecule has 0 unspecified atom stereocenters. The number of hydrogen-bond acceptors (Lipinski definition) is 4. The summed E-state index contributed by atoms with van der Waals surface area (Å²) in [7, 11) is 1.77. The van der Waals surface area contributed by atoms with E-state index in [1.807, 2.05) is 59.2 Å². The van der Waals surface area contributed by atoms with Gasteiger partial charge in [-0.3, -0.25) is 14.6 Å². The van der Waals surface area contributed by atoms with Crippen molar-refractivity contribution < 1.29 is 9.59 Å². The van der Waals surface area contributed by atoms with Gasteiger partial charge in [0.15, 0.2) is 0 Å². The number of aromatic nitrogens is 3. The zero-order chi connectivity index (χ0) is 21.6. The average molecular weight is 413 g/mol. The molecule has 7 nitrogen and oxygen atoms in total. The minimum atomic E-state index is -0.185. The van der Waals surface area contributed by atoms with Crippen LogP contribution >= 0.6 is 0 Å². The number of likely N-dealkylation sites (N-methyl/N-ethyl adjacent to an activating group) is 1. The fraction of sp³-hybridized carbons (Fsp3) is 0.167. The molecule has 0 atom stereocenters. The van der Waals surface area contributed by atoms with Gasteiger partial charge in [-0.1, -0.05) is 30.3 Å². The van der Waals surface area contributed by atoms with Gasteiger partial charge in [-0.2, -0.15) is 0 Å². The summed E-state index contributed by atoms with van der Waals surface area (Å²) in [5, 5.41) is 2.89. The maximum atomic E-state index is 13.0. The van der Waals surface area contributed by atoms with E-state index < -0.39 is 0 Å². The van der Waals surface area contributed by atoms with Crippen LogP contribution in [0.3, 0.4) is 0 Å². The van der Waals surface area contributed by atoms with Crippen LogP contribution in [0, 0.1) is 0 Å². The molecule has 4 aromatic rings. The highest BCUT2D eigenvalue weighted by Crippen LogP contribution is 2.18. The van der Waals surface area contributed by atoms with Crippen LogP contribution < -0.4 is 10.2 Å². The summed E-state index contributed by atoms with van der Waals surface area (Å²) in [6, 6.07) is 20.7. The Hall–Kier alpha value is -4.00. The quantitative estimate of drug-likeness (QED) is 0.505. The Labute approximate surface area is 180 Å². The number of carbonyl (C=O) groups is 2. The number of hydrogen-bond donors (Lipinski definition) is 1. The van der Waals surface area contributed by atoms with Gasteiger partial charge in [0.05, 0.1) is 16.6 Å². The largest absolute Gasteiger partial charge is 0.352 e. The van der Waals surface area contributed by atoms with Crippen molar-refractivity contribution in [3.05, 3.63) is 90.5 Å². The summed E-state index contributed by atoms with van der Waals surface area (Å²) in [5.74, 6) is 0.521. The van der Waals surface area contributed by atoms with Gasteiger partial charge >= 0.3 is 0 Å². The van der Waals surface area contributed by atoms with Crippen LogP contribution in [0.5, 0.6) is 0 Å². The number of nitrogens with one attached hydrogen (secondary N) is 1. The molecule has 2 heterocycles. The van der Waals surface area contributed by atoms with E-state index in [1.165, 1.54) is 6.20 Å². The Kier molecular flexibility index (Phi) is 6.03. The zero-order valence-corrected chi connectivity index (χ0v) is 17.2. The van der Waals surface area contributed by atoms with Gasteiger partial charge in [0.2, 0.25) is 5.91 Å². The number of anilines is 1. The van der Waals surface area contributed by atoms with Crippen molar-refractivity contribution in [2.45, 2.75) is 13.0 Å².